The summed E-state index contributed by atoms with van der Waals surface area (Å²) in [5.74, 6) is -1.68. The van der Waals surface area contributed by atoms with Crippen LogP contribution >= 0.6 is 0 Å². The summed E-state index contributed by atoms with van der Waals surface area (Å²) in [7, 11) is 0. The van der Waals surface area contributed by atoms with Crippen molar-refractivity contribution < 1.29 is 23.1 Å². The SMILES string of the molecule is CCc1cccc(NC(=O)COC(=O)c2oc3ccc(F)cc3c2C)c1. The van der Waals surface area contributed by atoms with Crippen molar-refractivity contribution in [2.24, 2.45) is 0 Å². The largest absolute Gasteiger partial charge is 0.450 e. The quantitative estimate of drug-likeness (QED) is 0.695. The average molecular weight is 355 g/mol. The molecule has 0 radical (unpaired) electrons. The van der Waals surface area contributed by atoms with Crippen LogP contribution < -0.4 is 5.32 Å². The van der Waals surface area contributed by atoms with Gasteiger partial charge in [0.05, 0.1) is 0 Å². The number of hydrogen-bond donors (Lipinski definition) is 1. The molecule has 2 aromatic carbocycles. The maximum atomic E-state index is 13.3. The predicted octanol–water partition coefficient (Wildman–Crippen LogP) is 4.24. The molecule has 0 fully saturated rings. The lowest BCUT2D eigenvalue weighted by Crippen LogP contribution is -2.21. The number of ether oxygens (including phenoxy) is 1. The molecule has 3 rings (SSSR count). The molecule has 0 saturated heterocycles. The lowest BCUT2D eigenvalue weighted by atomic mass is 10.1. The lowest BCUT2D eigenvalue weighted by Gasteiger charge is -2.07. The van der Waals surface area contributed by atoms with E-state index >= 15 is 0 Å². The maximum Gasteiger partial charge on any atom is 0.375 e. The van der Waals surface area contributed by atoms with Crippen LogP contribution in [0, 0.1) is 12.7 Å². The highest BCUT2D eigenvalue weighted by atomic mass is 19.1. The monoisotopic (exact) mass is 355 g/mol. The zero-order valence-corrected chi connectivity index (χ0v) is 14.5. The predicted molar refractivity (Wildman–Crippen MR) is 95.6 cm³/mol. The number of aryl methyl sites for hydroxylation is 2. The number of carbonyl (C=O) groups excluding carboxylic acids is 2. The molecular formula is C20H18FNO4. The van der Waals surface area contributed by atoms with E-state index in [9.17, 15) is 14.0 Å². The van der Waals surface area contributed by atoms with Crippen LogP contribution in [0.3, 0.4) is 0 Å². The summed E-state index contributed by atoms with van der Waals surface area (Å²) >= 11 is 0. The number of halogens is 1. The molecule has 0 spiro atoms. The fourth-order valence-corrected chi connectivity index (χ4v) is 2.65. The van der Waals surface area contributed by atoms with Gasteiger partial charge in [-0.15, -0.1) is 0 Å². The van der Waals surface area contributed by atoms with Gasteiger partial charge in [-0.25, -0.2) is 9.18 Å². The molecule has 5 nitrogen and oxygen atoms in total. The minimum Gasteiger partial charge on any atom is -0.450 e. The minimum atomic E-state index is -0.767. The highest BCUT2D eigenvalue weighted by Gasteiger charge is 2.20. The highest BCUT2D eigenvalue weighted by molar-refractivity contribution is 5.98. The fourth-order valence-electron chi connectivity index (χ4n) is 2.65. The van der Waals surface area contributed by atoms with E-state index in [4.69, 9.17) is 9.15 Å². The van der Waals surface area contributed by atoms with Gasteiger partial charge in [-0.05, 0) is 49.2 Å². The molecule has 0 unspecified atom stereocenters. The molecular weight excluding hydrogens is 337 g/mol. The van der Waals surface area contributed by atoms with Gasteiger partial charge in [-0.3, -0.25) is 4.79 Å². The van der Waals surface area contributed by atoms with Crippen molar-refractivity contribution in [1.29, 1.82) is 0 Å². The zero-order valence-electron chi connectivity index (χ0n) is 14.5. The van der Waals surface area contributed by atoms with Crippen molar-refractivity contribution >= 4 is 28.5 Å². The van der Waals surface area contributed by atoms with Crippen LogP contribution in [0.1, 0.15) is 28.6 Å². The van der Waals surface area contributed by atoms with Gasteiger partial charge >= 0.3 is 5.97 Å². The van der Waals surface area contributed by atoms with Gasteiger partial charge in [0.25, 0.3) is 5.91 Å². The molecule has 6 heteroatoms. The van der Waals surface area contributed by atoms with Gasteiger partial charge in [-0.1, -0.05) is 19.1 Å². The van der Waals surface area contributed by atoms with E-state index in [2.05, 4.69) is 5.32 Å². The van der Waals surface area contributed by atoms with Gasteiger partial charge in [0.15, 0.2) is 6.61 Å². The molecule has 1 aromatic heterocycles. The smallest absolute Gasteiger partial charge is 0.375 e. The summed E-state index contributed by atoms with van der Waals surface area (Å²) in [5, 5.41) is 3.17. The summed E-state index contributed by atoms with van der Waals surface area (Å²) < 4.78 is 23.8. The summed E-state index contributed by atoms with van der Waals surface area (Å²) in [6.45, 7) is 3.21. The summed E-state index contributed by atoms with van der Waals surface area (Å²) in [6.07, 6.45) is 0.852. The van der Waals surface area contributed by atoms with Crippen LogP contribution in [0.25, 0.3) is 11.0 Å². The number of fused-ring (bicyclic) bond motifs is 1. The Labute approximate surface area is 149 Å². The van der Waals surface area contributed by atoms with Gasteiger partial charge in [0.1, 0.15) is 11.4 Å². The minimum absolute atomic E-state index is 0.0358. The van der Waals surface area contributed by atoms with Crippen molar-refractivity contribution in [1.82, 2.24) is 0 Å². The summed E-state index contributed by atoms with van der Waals surface area (Å²) in [6, 6.07) is 11.4. The first-order valence-corrected chi connectivity index (χ1v) is 8.22. The molecule has 0 aliphatic carbocycles. The van der Waals surface area contributed by atoms with E-state index in [1.165, 1.54) is 18.2 Å². The first kappa shape index (κ1) is 17.7. The van der Waals surface area contributed by atoms with E-state index in [1.54, 1.807) is 13.0 Å². The van der Waals surface area contributed by atoms with E-state index in [0.29, 0.717) is 22.2 Å². The number of nitrogens with one attached hydrogen (secondary N) is 1. The first-order valence-electron chi connectivity index (χ1n) is 8.22. The summed E-state index contributed by atoms with van der Waals surface area (Å²) in [4.78, 5) is 24.2. The van der Waals surface area contributed by atoms with Crippen molar-refractivity contribution in [2.45, 2.75) is 20.3 Å². The third-order valence-electron chi connectivity index (χ3n) is 4.04. The van der Waals surface area contributed by atoms with E-state index in [-0.39, 0.29) is 5.76 Å². The Morgan fingerprint density at radius 2 is 2.00 bits per heavy atom. The van der Waals surface area contributed by atoms with Crippen LogP contribution in [0.4, 0.5) is 10.1 Å². The Kier molecular flexibility index (Phi) is 5.02. The number of hydrogen-bond acceptors (Lipinski definition) is 4. The number of benzene rings is 2. The van der Waals surface area contributed by atoms with Crippen molar-refractivity contribution in [3.8, 4) is 0 Å². The van der Waals surface area contributed by atoms with Gasteiger partial charge in [0.2, 0.25) is 5.76 Å². The highest BCUT2D eigenvalue weighted by Crippen LogP contribution is 2.26. The van der Waals surface area contributed by atoms with Gasteiger partial charge in [-0.2, -0.15) is 0 Å². The van der Waals surface area contributed by atoms with Crippen molar-refractivity contribution in [2.75, 3.05) is 11.9 Å². The van der Waals surface area contributed by atoms with Crippen LogP contribution in [0.15, 0.2) is 46.9 Å². The van der Waals surface area contributed by atoms with E-state index < -0.39 is 24.3 Å². The van der Waals surface area contributed by atoms with Crippen LogP contribution in [0.2, 0.25) is 0 Å². The normalized spacial score (nSPS) is 10.7. The second-order valence-electron chi connectivity index (χ2n) is 5.87. The summed E-state index contributed by atoms with van der Waals surface area (Å²) in [5.41, 5.74) is 2.59. The second-order valence-corrected chi connectivity index (χ2v) is 5.87. The molecule has 1 amide bonds. The second kappa shape index (κ2) is 7.39. The average Bonchev–Trinajstić information content (AvgIpc) is 2.96. The number of esters is 1. The first-order chi connectivity index (χ1) is 12.5. The Morgan fingerprint density at radius 3 is 2.77 bits per heavy atom. The number of carbonyl (C=O) groups is 2. The fraction of sp³-hybridized carbons (Fsp3) is 0.200. The van der Waals surface area contributed by atoms with Gasteiger partial charge < -0.3 is 14.5 Å². The molecule has 26 heavy (non-hydrogen) atoms. The molecule has 0 atom stereocenters. The van der Waals surface area contributed by atoms with Crippen molar-refractivity contribution in [3.63, 3.8) is 0 Å². The Balaban J connectivity index is 1.65. The third-order valence-corrected chi connectivity index (χ3v) is 4.04. The lowest BCUT2D eigenvalue weighted by molar-refractivity contribution is -0.119. The molecule has 0 aliphatic heterocycles. The van der Waals surface area contributed by atoms with Crippen LogP contribution in [-0.4, -0.2) is 18.5 Å². The van der Waals surface area contributed by atoms with Crippen LogP contribution in [-0.2, 0) is 16.0 Å². The molecule has 0 aliphatic rings. The maximum absolute atomic E-state index is 13.3. The van der Waals surface area contributed by atoms with E-state index in [1.807, 2.05) is 25.1 Å². The number of rotatable bonds is 5. The topological polar surface area (TPSA) is 68.5 Å². The molecule has 3 aromatic rings. The Morgan fingerprint density at radius 1 is 1.19 bits per heavy atom. The van der Waals surface area contributed by atoms with Crippen LogP contribution in [0.5, 0.6) is 0 Å². The van der Waals surface area contributed by atoms with Gasteiger partial charge in [0, 0.05) is 16.6 Å². The number of anilines is 1. The van der Waals surface area contributed by atoms with Crippen molar-refractivity contribution in [3.05, 3.63) is 65.2 Å². The number of amides is 1. The molecule has 1 N–H and O–H groups in total. The standard InChI is InChI=1S/C20H18FNO4/c1-3-13-5-4-6-15(9-13)22-18(23)11-25-20(24)19-12(2)16-10-14(21)7-8-17(16)26-19/h4-10H,3,11H2,1-2H3,(H,22,23). The number of furan rings is 1. The Hall–Kier alpha value is -3.15. The zero-order chi connectivity index (χ0) is 18.7. The Bertz CT molecular complexity index is 977. The van der Waals surface area contributed by atoms with E-state index in [0.717, 1.165) is 12.0 Å². The molecule has 0 bridgehead atoms. The molecule has 1 heterocycles. The third kappa shape index (κ3) is 3.74. The molecule has 134 valence electrons. The molecule has 0 saturated carbocycles.